The van der Waals surface area contributed by atoms with Crippen LogP contribution in [0.4, 0.5) is 0 Å². The van der Waals surface area contributed by atoms with Crippen LogP contribution in [0.15, 0.2) is 134 Å². The molecule has 0 aromatic rings. The molecule has 358 valence electrons. The number of carbonyl (C=O) groups excluding carboxylic acids is 3. The molecule has 0 aliphatic rings. The van der Waals surface area contributed by atoms with Crippen LogP contribution in [0.5, 0.6) is 0 Å². The zero-order valence-corrected chi connectivity index (χ0v) is 40.7. The highest BCUT2D eigenvalue weighted by molar-refractivity contribution is 5.71. The van der Waals surface area contributed by atoms with Gasteiger partial charge >= 0.3 is 17.9 Å². The minimum atomic E-state index is -0.815. The molecule has 0 N–H and O–H groups in total. The first-order chi connectivity index (χ1) is 31.5. The standard InChI is InChI=1S/C58H90O6/c1-4-7-10-13-16-19-22-25-27-28-29-31-33-36-39-42-45-48-51-57(60)63-54-55(53-62-56(59)50-47-44-41-38-35-32-24-21-18-15-12-9-6-3)64-58(61)52-49-46-43-40-37-34-30-26-23-20-17-14-11-8-5-2/h8-9,11-12,14-25,27-29,31-32,35,55H,4-7,10,13,26,30,33-34,36-54H2,1-3H3/b11-8-,12-9-,17-14-,18-15-,19-16-,23-20-,24-21-,25-22-,28-27-,31-29-,35-32-. The molecule has 0 fully saturated rings. The van der Waals surface area contributed by atoms with E-state index in [1.54, 1.807) is 0 Å². The van der Waals surface area contributed by atoms with Crippen molar-refractivity contribution in [1.82, 2.24) is 0 Å². The van der Waals surface area contributed by atoms with Crippen molar-refractivity contribution in [3.05, 3.63) is 134 Å². The van der Waals surface area contributed by atoms with Crippen molar-refractivity contribution in [2.45, 2.75) is 200 Å². The zero-order valence-electron chi connectivity index (χ0n) is 40.7. The van der Waals surface area contributed by atoms with Gasteiger partial charge in [-0.25, -0.2) is 0 Å². The summed E-state index contributed by atoms with van der Waals surface area (Å²) < 4.78 is 16.7. The van der Waals surface area contributed by atoms with Crippen LogP contribution >= 0.6 is 0 Å². The predicted molar refractivity (Wildman–Crippen MR) is 274 cm³/mol. The molecule has 0 aromatic heterocycles. The molecular weight excluding hydrogens is 793 g/mol. The zero-order chi connectivity index (χ0) is 46.5. The highest BCUT2D eigenvalue weighted by atomic mass is 16.6. The van der Waals surface area contributed by atoms with Gasteiger partial charge in [-0.05, 0) is 83.5 Å². The first-order valence-electron chi connectivity index (χ1n) is 25.3. The Balaban J connectivity index is 4.54. The second kappa shape index (κ2) is 51.2. The minimum absolute atomic E-state index is 0.114. The van der Waals surface area contributed by atoms with Crippen LogP contribution in [0.1, 0.15) is 194 Å². The van der Waals surface area contributed by atoms with E-state index in [0.29, 0.717) is 19.3 Å². The molecule has 1 unspecified atom stereocenters. The van der Waals surface area contributed by atoms with Crippen molar-refractivity contribution < 1.29 is 28.6 Å². The first kappa shape index (κ1) is 59.5. The number of esters is 3. The quantitative estimate of drug-likeness (QED) is 0.0263. The summed E-state index contributed by atoms with van der Waals surface area (Å²) in [6.45, 7) is 6.24. The van der Waals surface area contributed by atoms with Crippen molar-refractivity contribution >= 4 is 17.9 Å². The molecule has 0 radical (unpaired) electrons. The van der Waals surface area contributed by atoms with Gasteiger partial charge in [-0.3, -0.25) is 14.4 Å². The van der Waals surface area contributed by atoms with Crippen LogP contribution in [0.25, 0.3) is 0 Å². The predicted octanol–water partition coefficient (Wildman–Crippen LogP) is 16.7. The lowest BCUT2D eigenvalue weighted by Crippen LogP contribution is -2.30. The van der Waals surface area contributed by atoms with Crippen molar-refractivity contribution in [3.8, 4) is 0 Å². The number of carbonyl (C=O) groups is 3. The molecule has 1 atom stereocenters. The Morgan fingerprint density at radius 2 is 0.609 bits per heavy atom. The van der Waals surface area contributed by atoms with Gasteiger partial charge in [-0.1, -0.05) is 225 Å². The summed E-state index contributed by atoms with van der Waals surface area (Å²) in [7, 11) is 0. The van der Waals surface area contributed by atoms with Crippen molar-refractivity contribution in [2.24, 2.45) is 0 Å². The number of rotatable bonds is 43. The van der Waals surface area contributed by atoms with E-state index in [1.165, 1.54) is 38.5 Å². The number of hydrogen-bond donors (Lipinski definition) is 0. The average Bonchev–Trinajstić information content (AvgIpc) is 3.29. The minimum Gasteiger partial charge on any atom is -0.462 e. The molecule has 0 rings (SSSR count). The number of allylic oxidation sites excluding steroid dienone is 22. The van der Waals surface area contributed by atoms with Gasteiger partial charge in [0.1, 0.15) is 13.2 Å². The van der Waals surface area contributed by atoms with Gasteiger partial charge in [0, 0.05) is 19.3 Å². The van der Waals surface area contributed by atoms with E-state index in [2.05, 4.69) is 118 Å². The molecule has 0 aromatic carbocycles. The summed E-state index contributed by atoms with van der Waals surface area (Å²) in [5.74, 6) is -0.997. The Morgan fingerprint density at radius 3 is 0.969 bits per heavy atom. The molecule has 0 amide bonds. The first-order valence-corrected chi connectivity index (χ1v) is 25.3. The molecule has 0 bridgehead atoms. The SMILES string of the molecule is CC\C=C/C=C\C=C/C=C\CCCCCC(=O)OCC(COC(=O)CCCCCCC\C=C/C=C\C=C/C=C\CCCCC)OC(=O)CCCCCCCCC\C=C/C=C\C=C/CC. The molecule has 64 heavy (non-hydrogen) atoms. The molecule has 0 spiro atoms. The lowest BCUT2D eigenvalue weighted by Gasteiger charge is -2.18. The average molecular weight is 883 g/mol. The summed E-state index contributed by atoms with van der Waals surface area (Å²) >= 11 is 0. The summed E-state index contributed by atoms with van der Waals surface area (Å²) in [6, 6.07) is 0. The number of ether oxygens (including phenoxy) is 3. The summed E-state index contributed by atoms with van der Waals surface area (Å²) in [4.78, 5) is 38.0. The maximum Gasteiger partial charge on any atom is 0.306 e. The third kappa shape index (κ3) is 48.6. The van der Waals surface area contributed by atoms with Crippen LogP contribution in [0.3, 0.4) is 0 Å². The number of unbranched alkanes of at least 4 members (excludes halogenated alkanes) is 18. The van der Waals surface area contributed by atoms with E-state index in [9.17, 15) is 14.4 Å². The maximum atomic E-state index is 12.8. The molecule has 0 aliphatic heterocycles. The van der Waals surface area contributed by atoms with Gasteiger partial charge in [0.2, 0.25) is 0 Å². The second-order valence-electron chi connectivity index (χ2n) is 16.2. The molecule has 6 heteroatoms. The molecular formula is C58H90O6. The lowest BCUT2D eigenvalue weighted by molar-refractivity contribution is -0.167. The van der Waals surface area contributed by atoms with Crippen molar-refractivity contribution in [1.29, 1.82) is 0 Å². The Hall–Kier alpha value is -4.45. The van der Waals surface area contributed by atoms with E-state index >= 15 is 0 Å². The fourth-order valence-electron chi connectivity index (χ4n) is 6.34. The molecule has 0 saturated carbocycles. The van der Waals surface area contributed by atoms with E-state index in [-0.39, 0.29) is 31.1 Å². The van der Waals surface area contributed by atoms with Gasteiger partial charge in [-0.2, -0.15) is 0 Å². The highest BCUT2D eigenvalue weighted by Crippen LogP contribution is 2.13. The molecule has 0 heterocycles. The van der Waals surface area contributed by atoms with Crippen LogP contribution in [0.2, 0.25) is 0 Å². The molecule has 6 nitrogen and oxygen atoms in total. The Labute approximate surface area is 392 Å². The largest absolute Gasteiger partial charge is 0.462 e. The molecule has 0 aliphatic carbocycles. The van der Waals surface area contributed by atoms with Gasteiger partial charge < -0.3 is 14.2 Å². The topological polar surface area (TPSA) is 78.9 Å². The summed E-state index contributed by atoms with van der Waals surface area (Å²) in [6.07, 6.45) is 71.4. The third-order valence-corrected chi connectivity index (χ3v) is 10.1. The fourth-order valence-corrected chi connectivity index (χ4v) is 6.34. The van der Waals surface area contributed by atoms with Crippen molar-refractivity contribution in [2.75, 3.05) is 13.2 Å². The van der Waals surface area contributed by atoms with Gasteiger partial charge in [0.25, 0.3) is 0 Å². The highest BCUT2D eigenvalue weighted by Gasteiger charge is 2.19. The maximum absolute atomic E-state index is 12.8. The van der Waals surface area contributed by atoms with Crippen molar-refractivity contribution in [3.63, 3.8) is 0 Å². The van der Waals surface area contributed by atoms with Crippen LogP contribution in [-0.4, -0.2) is 37.2 Å². The number of hydrogen-bond acceptors (Lipinski definition) is 6. The lowest BCUT2D eigenvalue weighted by atomic mass is 10.1. The van der Waals surface area contributed by atoms with Crippen LogP contribution in [-0.2, 0) is 28.6 Å². The third-order valence-electron chi connectivity index (χ3n) is 10.1. The van der Waals surface area contributed by atoms with Gasteiger partial charge in [0.15, 0.2) is 6.10 Å². The van der Waals surface area contributed by atoms with Gasteiger partial charge in [0.05, 0.1) is 0 Å². The van der Waals surface area contributed by atoms with E-state index in [0.717, 1.165) is 116 Å². The van der Waals surface area contributed by atoms with E-state index in [1.807, 2.05) is 36.5 Å². The van der Waals surface area contributed by atoms with E-state index < -0.39 is 6.10 Å². The second-order valence-corrected chi connectivity index (χ2v) is 16.2. The fraction of sp³-hybridized carbons (Fsp3) is 0.569. The van der Waals surface area contributed by atoms with Gasteiger partial charge in [-0.15, -0.1) is 0 Å². The monoisotopic (exact) mass is 883 g/mol. The molecule has 0 saturated heterocycles. The normalized spacial score (nSPS) is 13.2. The smallest absolute Gasteiger partial charge is 0.306 e. The van der Waals surface area contributed by atoms with E-state index in [4.69, 9.17) is 14.2 Å². The Morgan fingerprint density at radius 1 is 0.328 bits per heavy atom. The Kier molecular flexibility index (Phi) is 47.6. The summed E-state index contributed by atoms with van der Waals surface area (Å²) in [5, 5.41) is 0. The summed E-state index contributed by atoms with van der Waals surface area (Å²) in [5.41, 5.74) is 0. The van der Waals surface area contributed by atoms with Crippen LogP contribution < -0.4 is 0 Å². The van der Waals surface area contributed by atoms with Crippen LogP contribution in [0, 0.1) is 0 Å². The Bertz CT molecular complexity index is 1430.